The summed E-state index contributed by atoms with van der Waals surface area (Å²) in [7, 11) is 0. The molecule has 0 fully saturated rings. The van der Waals surface area contributed by atoms with Gasteiger partial charge in [-0.2, -0.15) is 0 Å². The Bertz CT molecular complexity index is 384. The molecule has 24 heavy (non-hydrogen) atoms. The third kappa shape index (κ3) is 15.7. The number of carboxylic acid groups (broad SMARTS) is 4. The average molecular weight is 433 g/mol. The molecular formula is C11H20O12Y. The van der Waals surface area contributed by atoms with Gasteiger partial charge in [0.25, 0.3) is 0 Å². The normalized spacial score (nSPS) is 11.9. The van der Waals surface area contributed by atoms with Crippen LogP contribution in [-0.4, -0.2) is 90.2 Å². The molecule has 0 heterocycles. The molecule has 12 nitrogen and oxygen atoms in total. The van der Waals surface area contributed by atoms with Crippen LogP contribution < -0.4 is 0 Å². The number of carbonyl (C=O) groups is 4. The van der Waals surface area contributed by atoms with Gasteiger partial charge in [-0.05, 0) is 13.8 Å². The summed E-state index contributed by atoms with van der Waals surface area (Å²) >= 11 is 0. The van der Waals surface area contributed by atoms with Crippen LogP contribution in [0.1, 0.15) is 13.8 Å². The van der Waals surface area contributed by atoms with Gasteiger partial charge in [-0.15, -0.1) is 0 Å². The molecule has 0 aromatic carbocycles. The molecule has 0 aliphatic carbocycles. The van der Waals surface area contributed by atoms with Gasteiger partial charge in [-0.1, -0.05) is 0 Å². The Morgan fingerprint density at radius 1 is 0.875 bits per heavy atom. The zero-order chi connectivity index (χ0) is 19.4. The number of rotatable bonds is 6. The van der Waals surface area contributed by atoms with Gasteiger partial charge in [-0.25, -0.2) is 9.59 Å². The fraction of sp³-hybridized carbons (Fsp3) is 0.636. The van der Waals surface area contributed by atoms with Gasteiger partial charge < -0.3 is 40.9 Å². The molecule has 0 amide bonds. The second-order valence-corrected chi connectivity index (χ2v) is 4.30. The number of aliphatic hydroxyl groups excluding tert-OH is 4. The first-order valence-corrected chi connectivity index (χ1v) is 5.73. The first-order valence-electron chi connectivity index (χ1n) is 5.73. The predicted molar refractivity (Wildman–Crippen MR) is 70.9 cm³/mol. The van der Waals surface area contributed by atoms with Crippen LogP contribution in [0.4, 0.5) is 4.79 Å². The van der Waals surface area contributed by atoms with Crippen LogP contribution >= 0.6 is 0 Å². The molecule has 0 saturated heterocycles. The molecule has 0 aromatic heterocycles. The number of hydrogen-bond donors (Lipinski definition) is 8. The van der Waals surface area contributed by atoms with E-state index >= 15 is 0 Å². The summed E-state index contributed by atoms with van der Waals surface area (Å²) < 4.78 is 0. The Kier molecular flexibility index (Phi) is 19.6. The monoisotopic (exact) mass is 433 g/mol. The summed E-state index contributed by atoms with van der Waals surface area (Å²) in [5, 5.41) is 64.2. The summed E-state index contributed by atoms with van der Waals surface area (Å²) in [5.74, 6) is -3.56. The van der Waals surface area contributed by atoms with E-state index in [2.05, 4.69) is 0 Å². The van der Waals surface area contributed by atoms with Crippen LogP contribution in [0.15, 0.2) is 0 Å². The summed E-state index contributed by atoms with van der Waals surface area (Å²) in [6.07, 6.45) is -5.67. The van der Waals surface area contributed by atoms with Crippen molar-refractivity contribution in [3.63, 3.8) is 0 Å². The smallest absolute Gasteiger partial charge is 0.481 e. The number of carbonyl (C=O) groups excluding carboxylic acids is 1. The van der Waals surface area contributed by atoms with Crippen molar-refractivity contribution in [1.29, 1.82) is 0 Å². The average Bonchev–Trinajstić information content (AvgIpc) is 2.44. The van der Waals surface area contributed by atoms with E-state index in [0.717, 1.165) is 6.92 Å². The van der Waals surface area contributed by atoms with Gasteiger partial charge in [0.2, 0.25) is 0 Å². The van der Waals surface area contributed by atoms with Crippen molar-refractivity contribution in [3.8, 4) is 0 Å². The minimum Gasteiger partial charge on any atom is -0.481 e. The number of aliphatic carboxylic acids is 2. The molecule has 0 spiro atoms. The first kappa shape index (κ1) is 30.7. The molecule has 0 aliphatic rings. The van der Waals surface area contributed by atoms with E-state index < -0.39 is 54.7 Å². The maximum absolute atomic E-state index is 10.2. The van der Waals surface area contributed by atoms with Gasteiger partial charge in [0.1, 0.15) is 11.5 Å². The number of carboxylic acids is 2. The standard InChI is InChI=1S/C5H8O5.C5H10O4.CH2O3.Y/c1-2(6)3(7)4(8)5(9)10;1-5(2-6,3-7)4(8)9;2-1(3)4;/h3-4,7-8H,1H3,(H,9,10);6-7H,2-3H2,1H3,(H,8,9);(H2,2,3,4);. The molecule has 0 rings (SSSR count). The van der Waals surface area contributed by atoms with Crippen LogP contribution in [0.3, 0.4) is 0 Å². The Morgan fingerprint density at radius 2 is 1.17 bits per heavy atom. The Morgan fingerprint density at radius 3 is 1.21 bits per heavy atom. The van der Waals surface area contributed by atoms with Crippen molar-refractivity contribution in [2.45, 2.75) is 26.1 Å². The van der Waals surface area contributed by atoms with Crippen LogP contribution in [0, 0.1) is 5.41 Å². The van der Waals surface area contributed by atoms with Crippen molar-refractivity contribution >= 4 is 23.9 Å². The van der Waals surface area contributed by atoms with Crippen molar-refractivity contribution in [1.82, 2.24) is 0 Å². The maximum Gasteiger partial charge on any atom is 0.503 e. The zero-order valence-electron chi connectivity index (χ0n) is 12.9. The molecule has 13 heteroatoms. The van der Waals surface area contributed by atoms with Crippen molar-refractivity contribution in [2.24, 2.45) is 5.41 Å². The fourth-order valence-corrected chi connectivity index (χ4v) is 0.543. The number of aliphatic hydroxyl groups is 4. The molecule has 2 unspecified atom stereocenters. The van der Waals surface area contributed by atoms with Crippen molar-refractivity contribution in [2.75, 3.05) is 13.2 Å². The minimum absolute atomic E-state index is 0. The number of hydrogen-bond acceptors (Lipinski definition) is 8. The van der Waals surface area contributed by atoms with Crippen LogP contribution in [0.2, 0.25) is 0 Å². The largest absolute Gasteiger partial charge is 0.503 e. The molecule has 0 aromatic rings. The van der Waals surface area contributed by atoms with Gasteiger partial charge in [-0.3, -0.25) is 9.59 Å². The van der Waals surface area contributed by atoms with Crippen molar-refractivity contribution in [3.05, 3.63) is 0 Å². The predicted octanol–water partition coefficient (Wildman–Crippen LogP) is -2.34. The van der Waals surface area contributed by atoms with Gasteiger partial charge in [0.05, 0.1) is 13.2 Å². The van der Waals surface area contributed by atoms with Gasteiger partial charge in [0.15, 0.2) is 11.9 Å². The third-order valence-corrected chi connectivity index (χ3v) is 2.18. The van der Waals surface area contributed by atoms with Crippen molar-refractivity contribution < 1.29 is 92.7 Å². The van der Waals surface area contributed by atoms with E-state index in [1.54, 1.807) is 0 Å². The Balaban J connectivity index is -0.000000133. The second-order valence-electron chi connectivity index (χ2n) is 4.30. The quantitative estimate of drug-likeness (QED) is 0.220. The molecule has 1 radical (unpaired) electrons. The minimum atomic E-state index is -2.02. The molecular weight excluding hydrogens is 413 g/mol. The first-order chi connectivity index (χ1) is 10.3. The van der Waals surface area contributed by atoms with Crippen LogP contribution in [0.5, 0.6) is 0 Å². The summed E-state index contributed by atoms with van der Waals surface area (Å²) in [6, 6.07) is 0. The summed E-state index contributed by atoms with van der Waals surface area (Å²) in [6.45, 7) is 1.18. The SMILES string of the molecule is CC(=O)C(O)C(O)C(=O)O.CC(CO)(CO)C(=O)O.O=C(O)O.[Y]. The number of Topliss-reactive ketones (excluding diaryl/α,β-unsaturated/α-hetero) is 1. The van der Waals surface area contributed by atoms with E-state index in [0.29, 0.717) is 0 Å². The van der Waals surface area contributed by atoms with E-state index in [9.17, 15) is 14.4 Å². The van der Waals surface area contributed by atoms with E-state index in [4.69, 9.17) is 45.6 Å². The molecule has 2 atom stereocenters. The number of ketones is 1. The van der Waals surface area contributed by atoms with Crippen LogP contribution in [-0.2, 0) is 47.1 Å². The second kappa shape index (κ2) is 15.4. The zero-order valence-corrected chi connectivity index (χ0v) is 15.7. The van der Waals surface area contributed by atoms with Gasteiger partial charge >= 0.3 is 18.1 Å². The van der Waals surface area contributed by atoms with Crippen LogP contribution in [0.25, 0.3) is 0 Å². The van der Waals surface area contributed by atoms with E-state index in [-0.39, 0.29) is 32.7 Å². The third-order valence-electron chi connectivity index (χ3n) is 2.18. The maximum atomic E-state index is 10.2. The fourth-order valence-electron chi connectivity index (χ4n) is 0.543. The van der Waals surface area contributed by atoms with E-state index in [1.807, 2.05) is 0 Å². The molecule has 0 bridgehead atoms. The Labute approximate surface area is 161 Å². The molecule has 8 N–H and O–H groups in total. The summed E-state index contributed by atoms with van der Waals surface area (Å²) in [4.78, 5) is 38.8. The van der Waals surface area contributed by atoms with E-state index in [1.165, 1.54) is 6.92 Å². The Hall–Kier alpha value is -1.18. The van der Waals surface area contributed by atoms with Gasteiger partial charge in [0, 0.05) is 32.7 Å². The summed E-state index contributed by atoms with van der Waals surface area (Å²) in [5.41, 5.74) is -1.39. The molecule has 0 saturated carbocycles. The molecule has 0 aliphatic heterocycles. The topological polar surface area (TPSA) is 230 Å². The molecule has 139 valence electrons.